The highest BCUT2D eigenvalue weighted by molar-refractivity contribution is 7.91. The summed E-state index contributed by atoms with van der Waals surface area (Å²) in [6.45, 7) is 3.65. The molecule has 1 aromatic rings. The van der Waals surface area contributed by atoms with Gasteiger partial charge in [-0.15, -0.1) is 0 Å². The summed E-state index contributed by atoms with van der Waals surface area (Å²) in [4.78, 5) is 14.8. The minimum atomic E-state index is -3.57. The number of carbonyl (C=O) groups excluding carboxylic acids is 1. The van der Waals surface area contributed by atoms with Gasteiger partial charge in [0.05, 0.1) is 4.75 Å². The normalized spacial score (nSPS) is 23.2. The number of benzene rings is 1. The molecule has 2 saturated carbocycles. The largest absolute Gasteiger partial charge is 0.296 e. The maximum Gasteiger partial charge on any atom is 0.264 e. The maximum absolute atomic E-state index is 12.3. The first-order valence-corrected chi connectivity index (χ1v) is 9.79. The summed E-state index contributed by atoms with van der Waals surface area (Å²) in [5.41, 5.74) is 2.87. The third-order valence-corrected chi connectivity index (χ3v) is 7.56. The number of nitrogens with one attached hydrogen (secondary N) is 1. The first-order valence-electron chi connectivity index (χ1n) is 8.31. The van der Waals surface area contributed by atoms with E-state index >= 15 is 0 Å². The number of rotatable bonds is 4. The Morgan fingerprint density at radius 3 is 2.65 bits per heavy atom. The third-order valence-electron chi connectivity index (χ3n) is 5.40. The minimum Gasteiger partial charge on any atom is -0.296 e. The first kappa shape index (κ1) is 15.1. The molecule has 0 unspecified atom stereocenters. The molecule has 23 heavy (non-hydrogen) atoms. The molecule has 3 aliphatic rings. The number of hydrogen-bond acceptors (Lipinski definition) is 4. The Hall–Kier alpha value is -1.40. The van der Waals surface area contributed by atoms with Crippen LogP contribution in [0.15, 0.2) is 18.2 Å². The Morgan fingerprint density at radius 1 is 1.26 bits per heavy atom. The van der Waals surface area contributed by atoms with Crippen molar-refractivity contribution in [2.75, 3.05) is 6.54 Å². The van der Waals surface area contributed by atoms with Gasteiger partial charge in [-0.25, -0.2) is 13.1 Å². The van der Waals surface area contributed by atoms with E-state index in [1.807, 2.05) is 12.1 Å². The van der Waals surface area contributed by atoms with Gasteiger partial charge in [-0.3, -0.25) is 9.69 Å². The van der Waals surface area contributed by atoms with Crippen molar-refractivity contribution < 1.29 is 13.2 Å². The highest BCUT2D eigenvalue weighted by Gasteiger charge is 2.50. The molecule has 0 aromatic heterocycles. The molecular formula is C17H22N2O3S. The fourth-order valence-electron chi connectivity index (χ4n) is 3.22. The van der Waals surface area contributed by atoms with Crippen LogP contribution in [0.1, 0.15) is 54.1 Å². The lowest BCUT2D eigenvalue weighted by atomic mass is 9.97. The van der Waals surface area contributed by atoms with Crippen LogP contribution in [0.5, 0.6) is 0 Å². The van der Waals surface area contributed by atoms with E-state index in [0.29, 0.717) is 18.4 Å². The van der Waals surface area contributed by atoms with Crippen LogP contribution in [0.3, 0.4) is 0 Å². The molecule has 1 aromatic carbocycles. The smallest absolute Gasteiger partial charge is 0.264 e. The second-order valence-corrected chi connectivity index (χ2v) is 9.52. The molecule has 2 aliphatic carbocycles. The van der Waals surface area contributed by atoms with E-state index in [4.69, 9.17) is 0 Å². The summed E-state index contributed by atoms with van der Waals surface area (Å²) < 4.78 is 25.8. The van der Waals surface area contributed by atoms with Gasteiger partial charge in [-0.1, -0.05) is 6.07 Å². The zero-order valence-corrected chi connectivity index (χ0v) is 14.2. The lowest BCUT2D eigenvalue weighted by molar-refractivity contribution is 0.0980. The second kappa shape index (κ2) is 5.05. The van der Waals surface area contributed by atoms with E-state index < -0.39 is 20.7 Å². The quantitative estimate of drug-likeness (QED) is 0.912. The van der Waals surface area contributed by atoms with Crippen molar-refractivity contribution in [3.05, 3.63) is 34.9 Å². The fraction of sp³-hybridized carbons (Fsp3) is 0.588. The van der Waals surface area contributed by atoms with Crippen molar-refractivity contribution >= 4 is 15.9 Å². The van der Waals surface area contributed by atoms with Crippen molar-refractivity contribution in [3.63, 3.8) is 0 Å². The van der Waals surface area contributed by atoms with Gasteiger partial charge in [-0.05, 0) is 62.3 Å². The van der Waals surface area contributed by atoms with Crippen LogP contribution in [0, 0.1) is 0 Å². The number of nitrogens with zero attached hydrogens (tertiary/aromatic N) is 1. The van der Waals surface area contributed by atoms with Gasteiger partial charge >= 0.3 is 0 Å². The number of hydrogen-bond donors (Lipinski definition) is 1. The molecule has 4 rings (SSSR count). The van der Waals surface area contributed by atoms with Gasteiger partial charge in [0.15, 0.2) is 0 Å². The minimum absolute atomic E-state index is 0.441. The van der Waals surface area contributed by atoms with Crippen LogP contribution in [0.2, 0.25) is 0 Å². The fourth-order valence-corrected chi connectivity index (χ4v) is 4.46. The van der Waals surface area contributed by atoms with Crippen LogP contribution >= 0.6 is 0 Å². The van der Waals surface area contributed by atoms with Crippen LogP contribution in [0.25, 0.3) is 0 Å². The average molecular weight is 334 g/mol. The van der Waals surface area contributed by atoms with Crippen LogP contribution in [-0.2, 0) is 23.0 Å². The van der Waals surface area contributed by atoms with E-state index in [2.05, 4.69) is 9.62 Å². The molecule has 6 heteroatoms. The van der Waals surface area contributed by atoms with E-state index in [0.717, 1.165) is 25.6 Å². The number of amides is 1. The molecule has 1 aliphatic heterocycles. The van der Waals surface area contributed by atoms with Crippen molar-refractivity contribution in [2.45, 2.75) is 56.4 Å². The summed E-state index contributed by atoms with van der Waals surface area (Å²) in [5.74, 6) is -0.509. The van der Waals surface area contributed by atoms with Gasteiger partial charge in [0, 0.05) is 24.7 Å². The van der Waals surface area contributed by atoms with Crippen molar-refractivity contribution in [3.8, 4) is 0 Å². The van der Waals surface area contributed by atoms with Crippen LogP contribution in [-0.4, -0.2) is 36.6 Å². The molecule has 1 amide bonds. The van der Waals surface area contributed by atoms with Gasteiger partial charge in [0.25, 0.3) is 5.91 Å². The topological polar surface area (TPSA) is 66.5 Å². The first-order chi connectivity index (χ1) is 10.9. The summed E-state index contributed by atoms with van der Waals surface area (Å²) in [5, 5.41) is 0. The number of fused-ring (bicyclic) bond motifs is 1. The van der Waals surface area contributed by atoms with Gasteiger partial charge in [-0.2, -0.15) is 0 Å². The Morgan fingerprint density at radius 2 is 2.00 bits per heavy atom. The molecule has 0 spiro atoms. The average Bonchev–Trinajstić information content (AvgIpc) is 3.41. The third kappa shape index (κ3) is 2.78. The van der Waals surface area contributed by atoms with E-state index in [-0.39, 0.29) is 0 Å². The summed E-state index contributed by atoms with van der Waals surface area (Å²) >= 11 is 0. The summed E-state index contributed by atoms with van der Waals surface area (Å²) in [7, 11) is -3.57. The lowest BCUT2D eigenvalue weighted by Gasteiger charge is -2.29. The van der Waals surface area contributed by atoms with Crippen LogP contribution in [0.4, 0.5) is 0 Å². The Labute approximate surface area is 137 Å². The number of carbonyl (C=O) groups is 1. The maximum atomic E-state index is 12.3. The molecule has 0 bridgehead atoms. The van der Waals surface area contributed by atoms with Gasteiger partial charge < -0.3 is 0 Å². The Bertz CT molecular complexity index is 764. The monoisotopic (exact) mass is 334 g/mol. The van der Waals surface area contributed by atoms with E-state index in [1.54, 1.807) is 13.0 Å². The zero-order chi connectivity index (χ0) is 16.2. The highest BCUT2D eigenvalue weighted by atomic mass is 32.2. The van der Waals surface area contributed by atoms with Crippen molar-refractivity contribution in [2.24, 2.45) is 0 Å². The molecule has 0 atom stereocenters. The van der Waals surface area contributed by atoms with Crippen molar-refractivity contribution in [1.82, 2.24) is 9.62 Å². The molecule has 0 radical (unpaired) electrons. The zero-order valence-electron chi connectivity index (χ0n) is 13.3. The summed E-state index contributed by atoms with van der Waals surface area (Å²) in [6, 6.07) is 6.33. The molecular weight excluding hydrogens is 312 g/mol. The predicted octanol–water partition coefficient (Wildman–Crippen LogP) is 1.82. The molecule has 124 valence electrons. The SMILES string of the molecule is CC1(S(=O)(=O)NC(=O)c2ccc3c(c2)CCN(C2CC2)C3)CC1. The van der Waals surface area contributed by atoms with E-state index in [1.165, 1.54) is 24.0 Å². The van der Waals surface area contributed by atoms with Gasteiger partial charge in [0.1, 0.15) is 0 Å². The predicted molar refractivity (Wildman–Crippen MR) is 87.6 cm³/mol. The summed E-state index contributed by atoms with van der Waals surface area (Å²) in [6.07, 6.45) is 4.77. The second-order valence-electron chi connectivity index (χ2n) is 7.32. The van der Waals surface area contributed by atoms with E-state index in [9.17, 15) is 13.2 Å². The Balaban J connectivity index is 1.50. The molecule has 5 nitrogen and oxygen atoms in total. The standard InChI is InChI=1S/C17H22N2O3S/c1-17(7-8-17)23(21,22)18-16(20)13-2-3-14-11-19(15-4-5-15)9-6-12(14)10-13/h2-3,10,15H,4-9,11H2,1H3,(H,18,20). The molecule has 1 N–H and O–H groups in total. The number of sulfonamides is 1. The molecule has 2 fully saturated rings. The van der Waals surface area contributed by atoms with Crippen molar-refractivity contribution in [1.29, 1.82) is 0 Å². The highest BCUT2D eigenvalue weighted by Crippen LogP contribution is 2.42. The molecule has 0 saturated heterocycles. The Kier molecular flexibility index (Phi) is 3.32. The molecule has 1 heterocycles. The van der Waals surface area contributed by atoms with Crippen LogP contribution < -0.4 is 4.72 Å². The lowest BCUT2D eigenvalue weighted by Crippen LogP contribution is -2.38. The van der Waals surface area contributed by atoms with Gasteiger partial charge in [0.2, 0.25) is 10.0 Å².